The summed E-state index contributed by atoms with van der Waals surface area (Å²) in [6.45, 7) is 4.32. The van der Waals surface area contributed by atoms with Crippen LogP contribution in [-0.2, 0) is 4.79 Å². The highest BCUT2D eigenvalue weighted by Crippen LogP contribution is 2.22. The van der Waals surface area contributed by atoms with Crippen molar-refractivity contribution in [1.82, 2.24) is 14.9 Å². The molecule has 3 aromatic rings. The Labute approximate surface area is 200 Å². The van der Waals surface area contributed by atoms with Gasteiger partial charge in [0.25, 0.3) is 5.95 Å². The van der Waals surface area contributed by atoms with E-state index in [9.17, 15) is 4.79 Å². The first-order chi connectivity index (χ1) is 15.4. The Kier molecular flexibility index (Phi) is 8.38. The molecular formula is C21H23Cl2N7OS. The molecular weight excluding hydrogens is 469 g/mol. The van der Waals surface area contributed by atoms with Crippen molar-refractivity contribution < 1.29 is 4.79 Å². The highest BCUT2D eigenvalue weighted by atomic mass is 35.5. The number of benzene rings is 2. The van der Waals surface area contributed by atoms with E-state index in [0.29, 0.717) is 26.7 Å². The molecule has 0 aliphatic rings. The summed E-state index contributed by atoms with van der Waals surface area (Å²) in [6, 6.07) is 12.9. The van der Waals surface area contributed by atoms with Crippen LogP contribution in [0.3, 0.4) is 0 Å². The van der Waals surface area contributed by atoms with Crippen molar-refractivity contribution in [3.8, 4) is 0 Å². The minimum atomic E-state index is -0.167. The molecule has 0 fully saturated rings. The highest BCUT2D eigenvalue weighted by Gasteiger charge is 2.12. The maximum absolute atomic E-state index is 12.3. The molecule has 0 radical (unpaired) electrons. The minimum Gasteiger partial charge on any atom is -0.334 e. The van der Waals surface area contributed by atoms with E-state index in [4.69, 9.17) is 29.0 Å². The molecule has 168 valence electrons. The number of nitrogens with two attached hydrogens (primary N) is 1. The van der Waals surface area contributed by atoms with Crippen LogP contribution in [0.25, 0.3) is 0 Å². The summed E-state index contributed by atoms with van der Waals surface area (Å²) in [7, 11) is 0. The number of nitrogen functional groups attached to an aromatic ring is 1. The summed E-state index contributed by atoms with van der Waals surface area (Å²) in [5, 5.41) is 16.2. The molecule has 0 saturated heterocycles. The van der Waals surface area contributed by atoms with Crippen LogP contribution in [0.15, 0.2) is 52.7 Å². The van der Waals surface area contributed by atoms with Crippen molar-refractivity contribution in [3.05, 3.63) is 63.6 Å². The number of anilines is 2. The fourth-order valence-corrected chi connectivity index (χ4v) is 3.79. The number of hydrazone groups is 1. The Morgan fingerprint density at radius 3 is 2.69 bits per heavy atom. The van der Waals surface area contributed by atoms with Crippen molar-refractivity contribution >= 4 is 58.7 Å². The first kappa shape index (κ1) is 23.9. The molecule has 32 heavy (non-hydrogen) atoms. The number of thioether (sulfide) groups is 1. The van der Waals surface area contributed by atoms with Gasteiger partial charge in [0.1, 0.15) is 0 Å². The Morgan fingerprint density at radius 1 is 1.25 bits per heavy atom. The largest absolute Gasteiger partial charge is 0.334 e. The number of carbonyl (C=O) groups is 1. The van der Waals surface area contributed by atoms with Crippen molar-refractivity contribution in [2.24, 2.45) is 5.10 Å². The van der Waals surface area contributed by atoms with Crippen LogP contribution in [0, 0.1) is 0 Å². The van der Waals surface area contributed by atoms with E-state index in [1.807, 2.05) is 24.3 Å². The van der Waals surface area contributed by atoms with Crippen molar-refractivity contribution in [1.29, 1.82) is 0 Å². The standard InChI is InChI=1S/C21H23Cl2N7OS/c1-3-13(2)14-5-8-17(9-6-14)26-19(31)12-32-21-29-28-20(30(21)24)27-25-11-15-4-7-16(22)10-18(15)23/h4-11,13H,3,12,24H2,1-2H3,(H,26,31)(H,27,28)/b25-11+. The van der Waals surface area contributed by atoms with Gasteiger partial charge >= 0.3 is 0 Å². The van der Waals surface area contributed by atoms with Crippen LogP contribution < -0.4 is 16.6 Å². The van der Waals surface area contributed by atoms with Gasteiger partial charge < -0.3 is 11.2 Å². The van der Waals surface area contributed by atoms with Crippen molar-refractivity contribution in [3.63, 3.8) is 0 Å². The zero-order valence-corrected chi connectivity index (χ0v) is 19.9. The zero-order valence-electron chi connectivity index (χ0n) is 17.5. The van der Waals surface area contributed by atoms with E-state index in [0.717, 1.165) is 12.1 Å². The van der Waals surface area contributed by atoms with E-state index in [2.05, 4.69) is 39.9 Å². The molecule has 0 spiro atoms. The third-order valence-electron chi connectivity index (χ3n) is 4.70. The predicted octanol–water partition coefficient (Wildman–Crippen LogP) is 4.99. The number of rotatable bonds is 9. The number of hydrogen-bond donors (Lipinski definition) is 3. The number of halogens is 2. The molecule has 1 unspecified atom stereocenters. The second-order valence-corrected chi connectivity index (χ2v) is 8.77. The summed E-state index contributed by atoms with van der Waals surface area (Å²) in [4.78, 5) is 12.3. The van der Waals surface area contributed by atoms with Crippen LogP contribution in [0.1, 0.15) is 37.3 Å². The van der Waals surface area contributed by atoms with E-state index in [1.54, 1.807) is 18.2 Å². The molecule has 1 aromatic heterocycles. The minimum absolute atomic E-state index is 0.131. The topological polar surface area (TPSA) is 110 Å². The first-order valence-corrected chi connectivity index (χ1v) is 11.6. The van der Waals surface area contributed by atoms with E-state index < -0.39 is 0 Å². The molecule has 8 nitrogen and oxygen atoms in total. The van der Waals surface area contributed by atoms with E-state index >= 15 is 0 Å². The Hall–Kier alpha value is -2.75. The van der Waals surface area contributed by atoms with Gasteiger partial charge in [-0.05, 0) is 42.2 Å². The third kappa shape index (κ3) is 6.38. The summed E-state index contributed by atoms with van der Waals surface area (Å²) in [5.74, 6) is 6.66. The van der Waals surface area contributed by atoms with Gasteiger partial charge in [-0.1, -0.05) is 67.0 Å². The first-order valence-electron chi connectivity index (χ1n) is 9.84. The third-order valence-corrected chi connectivity index (χ3v) is 6.21. The molecule has 4 N–H and O–H groups in total. The van der Waals surface area contributed by atoms with Crippen LogP contribution in [-0.4, -0.2) is 32.7 Å². The zero-order chi connectivity index (χ0) is 23.1. The lowest BCUT2D eigenvalue weighted by Gasteiger charge is -2.10. The number of hydrogen-bond acceptors (Lipinski definition) is 7. The van der Waals surface area contributed by atoms with Crippen LogP contribution in [0.2, 0.25) is 10.0 Å². The number of nitrogens with one attached hydrogen (secondary N) is 2. The molecule has 0 bridgehead atoms. The molecule has 11 heteroatoms. The highest BCUT2D eigenvalue weighted by molar-refractivity contribution is 7.99. The lowest BCUT2D eigenvalue weighted by atomic mass is 9.99. The molecule has 1 amide bonds. The monoisotopic (exact) mass is 491 g/mol. The molecule has 2 aromatic carbocycles. The summed E-state index contributed by atoms with van der Waals surface area (Å²) in [6.07, 6.45) is 2.58. The fourth-order valence-electron chi connectivity index (χ4n) is 2.68. The van der Waals surface area contributed by atoms with Gasteiger partial charge in [-0.3, -0.25) is 4.79 Å². The van der Waals surface area contributed by atoms with Gasteiger partial charge in [0.05, 0.1) is 17.0 Å². The smallest absolute Gasteiger partial charge is 0.264 e. The molecule has 0 saturated carbocycles. The van der Waals surface area contributed by atoms with Gasteiger partial charge in [0, 0.05) is 16.3 Å². The molecule has 0 aliphatic heterocycles. The SMILES string of the molecule is CCC(C)c1ccc(NC(=O)CSc2nnc(N/N=C/c3ccc(Cl)cc3Cl)n2N)cc1. The van der Waals surface area contributed by atoms with E-state index in [1.165, 1.54) is 28.2 Å². The number of carbonyl (C=O) groups excluding carboxylic acids is 1. The van der Waals surface area contributed by atoms with Crippen molar-refractivity contribution in [2.75, 3.05) is 22.3 Å². The molecule has 3 rings (SSSR count). The molecule has 1 atom stereocenters. The maximum Gasteiger partial charge on any atom is 0.264 e. The lowest BCUT2D eigenvalue weighted by molar-refractivity contribution is -0.113. The predicted molar refractivity (Wildman–Crippen MR) is 132 cm³/mol. The second-order valence-electron chi connectivity index (χ2n) is 6.98. The van der Waals surface area contributed by atoms with E-state index in [-0.39, 0.29) is 17.6 Å². The second kappa shape index (κ2) is 11.2. The number of nitrogens with zero attached hydrogens (tertiary/aromatic N) is 4. The Morgan fingerprint density at radius 2 is 2.00 bits per heavy atom. The Bertz CT molecular complexity index is 1100. The van der Waals surface area contributed by atoms with Crippen molar-refractivity contribution in [2.45, 2.75) is 31.3 Å². The molecule has 1 heterocycles. The normalized spacial score (nSPS) is 12.1. The number of aromatic nitrogens is 3. The van der Waals surface area contributed by atoms with Gasteiger partial charge in [-0.2, -0.15) is 5.10 Å². The summed E-state index contributed by atoms with van der Waals surface area (Å²) in [5.41, 5.74) is 5.37. The molecule has 0 aliphatic carbocycles. The maximum atomic E-state index is 12.3. The van der Waals surface area contributed by atoms with Gasteiger partial charge in [-0.25, -0.2) is 10.1 Å². The van der Waals surface area contributed by atoms with Gasteiger partial charge in [-0.15, -0.1) is 10.2 Å². The average molecular weight is 492 g/mol. The quantitative estimate of drug-likeness (QED) is 0.168. The lowest BCUT2D eigenvalue weighted by Crippen LogP contribution is -2.17. The van der Waals surface area contributed by atoms with Crippen LogP contribution >= 0.6 is 35.0 Å². The van der Waals surface area contributed by atoms with Crippen LogP contribution in [0.4, 0.5) is 11.6 Å². The fraction of sp³-hybridized carbons (Fsp3) is 0.238. The Balaban J connectivity index is 1.51. The van der Waals surface area contributed by atoms with Gasteiger partial charge in [0.15, 0.2) is 0 Å². The summed E-state index contributed by atoms with van der Waals surface area (Å²) < 4.78 is 1.22. The summed E-state index contributed by atoms with van der Waals surface area (Å²) >= 11 is 13.1. The van der Waals surface area contributed by atoms with Gasteiger partial charge in [0.2, 0.25) is 11.1 Å². The van der Waals surface area contributed by atoms with Crippen LogP contribution in [0.5, 0.6) is 0 Å². The average Bonchev–Trinajstić information content (AvgIpc) is 3.13. The number of amides is 1.